The first kappa shape index (κ1) is 15.9. The minimum absolute atomic E-state index is 0.286. The van der Waals surface area contributed by atoms with Crippen molar-refractivity contribution in [3.05, 3.63) is 48.5 Å². The van der Waals surface area contributed by atoms with Gasteiger partial charge < -0.3 is 10.0 Å². The highest BCUT2D eigenvalue weighted by Crippen LogP contribution is 2.47. The lowest BCUT2D eigenvalue weighted by molar-refractivity contribution is -0.217. The Labute approximate surface area is 138 Å². The summed E-state index contributed by atoms with van der Waals surface area (Å²) in [5, 5.41) is 12.5. The summed E-state index contributed by atoms with van der Waals surface area (Å²) in [6.45, 7) is -0.286. The van der Waals surface area contributed by atoms with Crippen LogP contribution in [0.4, 0.5) is 11.4 Å². The monoisotopic (exact) mass is 349 g/mol. The number of anilines is 2. The summed E-state index contributed by atoms with van der Waals surface area (Å²) in [5.41, 5.74) is 1.41. The number of amidine groups is 1. The molecule has 0 aliphatic carbocycles. The van der Waals surface area contributed by atoms with Crippen LogP contribution in [0.1, 0.15) is 0 Å². The first-order valence-corrected chi connectivity index (χ1v) is 9.21. The average molecular weight is 349 g/mol. The quantitative estimate of drug-likeness (QED) is 0.517. The molecule has 1 heterocycles. The summed E-state index contributed by atoms with van der Waals surface area (Å²) >= 11 is 1.56. The fraction of sp³-hybridized carbons (Fsp3) is 0.133. The van der Waals surface area contributed by atoms with E-state index in [9.17, 15) is 13.5 Å². The van der Waals surface area contributed by atoms with Crippen LogP contribution in [0.25, 0.3) is 0 Å². The van der Waals surface area contributed by atoms with Gasteiger partial charge in [0.05, 0.1) is 29.7 Å². The third-order valence-corrected chi connectivity index (χ3v) is 5.05. The molecular weight excluding hydrogens is 336 g/mol. The van der Waals surface area contributed by atoms with Gasteiger partial charge in [-0.05, 0) is 24.3 Å². The molecule has 0 spiro atoms. The first-order chi connectivity index (χ1) is 11.0. The molecule has 0 fully saturated rings. The van der Waals surface area contributed by atoms with Crippen LogP contribution in [0.3, 0.4) is 0 Å². The molecule has 8 heteroatoms. The summed E-state index contributed by atoms with van der Waals surface area (Å²) in [4.78, 5) is 7.07. The van der Waals surface area contributed by atoms with Crippen LogP contribution >= 0.6 is 11.8 Å². The standard InChI is InChI=1S/C15H14N2O4S2/c18-15(16-9-10-23(19,20)21)17-11-5-1-3-7-13(11)22-14-8-4-2-6-12(14)17/h1-8H,9-10H2,(H,16,18)(H,19,20,21)/p-1. The lowest BCUT2D eigenvalue weighted by Gasteiger charge is -2.35. The summed E-state index contributed by atoms with van der Waals surface area (Å²) in [6, 6.07) is 14.3. The Bertz CT molecular complexity index is 820. The summed E-state index contributed by atoms with van der Waals surface area (Å²) < 4.78 is 30.2. The van der Waals surface area contributed by atoms with Gasteiger partial charge in [0.25, 0.3) is 10.1 Å². The molecule has 0 aromatic heterocycles. The molecule has 0 saturated heterocycles. The van der Waals surface area contributed by atoms with E-state index in [1.165, 1.54) is 4.90 Å². The predicted molar refractivity (Wildman–Crippen MR) is 87.9 cm³/mol. The fourth-order valence-electron chi connectivity index (χ4n) is 2.24. The second kappa shape index (κ2) is 6.23. The Morgan fingerprint density at radius 3 is 2.13 bits per heavy atom. The Hall–Kier alpha value is -2.03. The van der Waals surface area contributed by atoms with Crippen molar-refractivity contribution in [2.75, 3.05) is 17.2 Å². The van der Waals surface area contributed by atoms with E-state index in [4.69, 9.17) is 4.55 Å². The number of rotatable bonds is 3. The number of aliphatic imine (C=N–C) groups is 1. The number of para-hydroxylation sites is 2. The highest BCUT2D eigenvalue weighted by Gasteiger charge is 2.22. The van der Waals surface area contributed by atoms with Crippen molar-refractivity contribution in [1.29, 1.82) is 0 Å². The number of nitrogens with zero attached hydrogens (tertiary/aromatic N) is 2. The van der Waals surface area contributed by atoms with Gasteiger partial charge in [-0.3, -0.25) is 9.55 Å². The van der Waals surface area contributed by atoms with Gasteiger partial charge in [-0.25, -0.2) is 0 Å². The Balaban J connectivity index is 1.99. The molecule has 1 N–H and O–H groups in total. The van der Waals surface area contributed by atoms with Crippen LogP contribution in [-0.2, 0) is 10.1 Å². The third-order valence-electron chi connectivity index (χ3n) is 3.22. The first-order valence-electron chi connectivity index (χ1n) is 6.78. The largest absolute Gasteiger partial charge is 0.846 e. The second-order valence-electron chi connectivity index (χ2n) is 4.82. The van der Waals surface area contributed by atoms with E-state index in [1.54, 1.807) is 11.8 Å². The molecule has 0 radical (unpaired) electrons. The van der Waals surface area contributed by atoms with Gasteiger partial charge in [-0.2, -0.15) is 8.42 Å². The molecule has 2 aromatic carbocycles. The molecule has 0 bridgehead atoms. The van der Waals surface area contributed by atoms with Gasteiger partial charge in [0.2, 0.25) is 0 Å². The molecule has 120 valence electrons. The molecule has 6 nitrogen and oxygen atoms in total. The van der Waals surface area contributed by atoms with E-state index in [0.717, 1.165) is 9.79 Å². The summed E-state index contributed by atoms with van der Waals surface area (Å²) in [7, 11) is -4.14. The van der Waals surface area contributed by atoms with Crippen LogP contribution < -0.4 is 10.0 Å². The highest BCUT2D eigenvalue weighted by atomic mass is 32.2. The van der Waals surface area contributed by atoms with E-state index >= 15 is 0 Å². The fourth-order valence-corrected chi connectivity index (χ4v) is 3.62. The molecule has 0 atom stereocenters. The number of benzene rings is 2. The maximum Gasteiger partial charge on any atom is 0.266 e. The van der Waals surface area contributed by atoms with Crippen molar-refractivity contribution < 1.29 is 18.1 Å². The van der Waals surface area contributed by atoms with Crippen LogP contribution in [0.5, 0.6) is 0 Å². The molecule has 1 aliphatic rings. The van der Waals surface area contributed by atoms with E-state index < -0.39 is 21.9 Å². The highest BCUT2D eigenvalue weighted by molar-refractivity contribution is 7.99. The normalized spacial score (nSPS) is 14.3. The molecule has 0 amide bonds. The molecule has 0 unspecified atom stereocenters. The second-order valence-corrected chi connectivity index (χ2v) is 7.48. The van der Waals surface area contributed by atoms with Gasteiger partial charge in [-0.1, -0.05) is 36.0 Å². The molecule has 2 aromatic rings. The predicted octanol–water partition coefficient (Wildman–Crippen LogP) is 1.89. The number of fused-ring (bicyclic) bond motifs is 2. The van der Waals surface area contributed by atoms with E-state index in [2.05, 4.69) is 4.99 Å². The van der Waals surface area contributed by atoms with Crippen molar-refractivity contribution in [2.24, 2.45) is 4.99 Å². The van der Waals surface area contributed by atoms with Crippen LogP contribution in [0.2, 0.25) is 0 Å². The number of hydrogen-bond donors (Lipinski definition) is 1. The lowest BCUT2D eigenvalue weighted by atomic mass is 10.2. The van der Waals surface area contributed by atoms with Crippen LogP contribution in [0.15, 0.2) is 63.3 Å². The summed E-state index contributed by atoms with van der Waals surface area (Å²) in [5.74, 6) is -0.579. The van der Waals surface area contributed by atoms with E-state index in [1.807, 2.05) is 48.5 Å². The van der Waals surface area contributed by atoms with Gasteiger partial charge in [0, 0.05) is 9.79 Å². The van der Waals surface area contributed by atoms with Crippen LogP contribution in [0, 0.1) is 0 Å². The third kappa shape index (κ3) is 3.49. The zero-order valence-corrected chi connectivity index (χ0v) is 13.5. The molecule has 3 rings (SSSR count). The van der Waals surface area contributed by atoms with Crippen molar-refractivity contribution in [3.63, 3.8) is 0 Å². The van der Waals surface area contributed by atoms with E-state index in [-0.39, 0.29) is 6.54 Å². The zero-order chi connectivity index (χ0) is 16.4. The summed E-state index contributed by atoms with van der Waals surface area (Å²) in [6.07, 6.45) is 0. The van der Waals surface area contributed by atoms with Gasteiger partial charge in [-0.15, -0.1) is 0 Å². The van der Waals surface area contributed by atoms with Crippen molar-refractivity contribution >= 4 is 39.3 Å². The smallest absolute Gasteiger partial charge is 0.266 e. The maximum atomic E-state index is 12.5. The van der Waals surface area contributed by atoms with Crippen LogP contribution in [-0.4, -0.2) is 31.3 Å². The lowest BCUT2D eigenvalue weighted by Crippen LogP contribution is -2.38. The molecular formula is C15H13N2O4S2-. The van der Waals surface area contributed by atoms with Gasteiger partial charge >= 0.3 is 0 Å². The van der Waals surface area contributed by atoms with Crippen molar-refractivity contribution in [1.82, 2.24) is 0 Å². The molecule has 1 aliphatic heterocycles. The minimum atomic E-state index is -4.14. The SMILES string of the molecule is O=S(=O)(O)CCN=C([O-])N1c2ccccc2Sc2ccccc21. The van der Waals surface area contributed by atoms with E-state index in [0.29, 0.717) is 11.4 Å². The van der Waals surface area contributed by atoms with Crippen molar-refractivity contribution in [3.8, 4) is 0 Å². The topological polar surface area (TPSA) is 93.0 Å². The molecule has 23 heavy (non-hydrogen) atoms. The Morgan fingerprint density at radius 2 is 1.61 bits per heavy atom. The average Bonchev–Trinajstić information content (AvgIpc) is 2.51. The van der Waals surface area contributed by atoms with Gasteiger partial charge in [0.15, 0.2) is 0 Å². The maximum absolute atomic E-state index is 12.5. The molecule has 0 saturated carbocycles. The van der Waals surface area contributed by atoms with Gasteiger partial charge in [0.1, 0.15) is 0 Å². The Morgan fingerprint density at radius 1 is 1.09 bits per heavy atom. The number of hydrogen-bond acceptors (Lipinski definition) is 5. The minimum Gasteiger partial charge on any atom is -0.846 e. The Kier molecular flexibility index (Phi) is 4.29. The zero-order valence-electron chi connectivity index (χ0n) is 11.9. The van der Waals surface area contributed by atoms with Crippen molar-refractivity contribution in [2.45, 2.75) is 9.79 Å².